The number of nitrogens with zero attached hydrogens (tertiary/aromatic N) is 3. The summed E-state index contributed by atoms with van der Waals surface area (Å²) in [5.41, 5.74) is 54.6. The molecule has 0 unspecified atom stereocenters. The third-order valence-corrected chi connectivity index (χ3v) is 23.7. The number of fused-ring (bicyclic) bond motifs is 26. The second-order valence-corrected chi connectivity index (χ2v) is 29.3. The molecular formula is C129H159N3. The quantitative estimate of drug-likeness (QED) is 0.175. The zero-order valence-electron chi connectivity index (χ0n) is 86.7. The monoisotopic (exact) mass is 1750 g/mol. The molecule has 15 aromatic carbocycles. The largest absolute Gasteiger partial charge is 0.310 e. The number of rotatable bonds is 3. The second kappa shape index (κ2) is 54.5. The lowest BCUT2D eigenvalue weighted by molar-refractivity contribution is 1.08. The van der Waals surface area contributed by atoms with Crippen molar-refractivity contribution < 1.29 is 0 Å². The Morgan fingerprint density at radius 2 is 0.326 bits per heavy atom. The van der Waals surface area contributed by atoms with Gasteiger partial charge in [-0.3, -0.25) is 0 Å². The van der Waals surface area contributed by atoms with Gasteiger partial charge in [0.25, 0.3) is 0 Å². The van der Waals surface area contributed by atoms with Crippen LogP contribution in [0.4, 0.5) is 51.2 Å². The minimum atomic E-state index is 0.991. The van der Waals surface area contributed by atoms with Gasteiger partial charge in [0.1, 0.15) is 0 Å². The average molecular weight is 1750 g/mol. The Balaban J connectivity index is 0.000000236. The van der Waals surface area contributed by atoms with Gasteiger partial charge < -0.3 is 14.7 Å². The van der Waals surface area contributed by atoms with Gasteiger partial charge in [-0.05, 0) is 284 Å². The SMILES string of the molecule is CC.CC.CC.CC.CC.CC.CC.CC.CC.CC.CC.CC.CC.CC.CC.c1ccc2c(c1)Cc1c-2ccc2c1-c1ccc(N3c4ccccc4Cc4ccccc43)cc1C2.c1ccc2c(c1)Cc1cc3c(cc1-2)-c1ccc(N2c4ccccc4Cc4ccccc42)cc1C3.c1ccc2c(c1)Cc1ccc3c(c1-2)-c1ccc(N2c4ccccc4Cc4ccccc42)cc1C3. The molecule has 0 radical (unpaired) electrons. The van der Waals surface area contributed by atoms with E-state index < -0.39 is 0 Å². The van der Waals surface area contributed by atoms with E-state index in [1.165, 1.54) is 218 Å². The molecule has 3 nitrogen and oxygen atoms in total. The predicted octanol–water partition coefficient (Wildman–Crippen LogP) is 40.0. The van der Waals surface area contributed by atoms with Crippen LogP contribution >= 0.6 is 0 Å². The first kappa shape index (κ1) is 107. The molecular weight excluding hydrogens is 1590 g/mol. The second-order valence-electron chi connectivity index (χ2n) is 29.3. The van der Waals surface area contributed by atoms with E-state index in [2.05, 4.69) is 324 Å². The zero-order valence-corrected chi connectivity index (χ0v) is 86.7. The van der Waals surface area contributed by atoms with Crippen LogP contribution in [0.5, 0.6) is 0 Å². The molecule has 24 rings (SSSR count). The predicted molar refractivity (Wildman–Crippen MR) is 591 cm³/mol. The van der Waals surface area contributed by atoms with Crippen molar-refractivity contribution in [2.45, 2.75) is 265 Å². The molecule has 132 heavy (non-hydrogen) atoms. The van der Waals surface area contributed by atoms with Crippen molar-refractivity contribution in [1.29, 1.82) is 0 Å². The molecule has 0 amide bonds. The topological polar surface area (TPSA) is 9.72 Å². The Labute approximate surface area is 802 Å². The molecule has 0 spiro atoms. The maximum absolute atomic E-state index is 2.47. The summed E-state index contributed by atoms with van der Waals surface area (Å²) in [5, 5.41) is 0. The maximum atomic E-state index is 2.47. The van der Waals surface area contributed by atoms with Crippen LogP contribution in [0.3, 0.4) is 0 Å². The molecule has 15 aromatic rings. The summed E-state index contributed by atoms with van der Waals surface area (Å²) < 4.78 is 0. The van der Waals surface area contributed by atoms with E-state index in [0.717, 1.165) is 57.8 Å². The highest BCUT2D eigenvalue weighted by Crippen LogP contribution is 2.55. The Morgan fingerprint density at radius 1 is 0.129 bits per heavy atom. The summed E-state index contributed by atoms with van der Waals surface area (Å²) in [6, 6.07) is 115. The van der Waals surface area contributed by atoms with Crippen LogP contribution in [-0.2, 0) is 57.8 Å². The van der Waals surface area contributed by atoms with Crippen molar-refractivity contribution in [3.63, 3.8) is 0 Å². The van der Waals surface area contributed by atoms with Gasteiger partial charge in [0.15, 0.2) is 0 Å². The van der Waals surface area contributed by atoms with E-state index >= 15 is 0 Å². The number of anilines is 9. The molecule has 6 aliphatic carbocycles. The van der Waals surface area contributed by atoms with Crippen LogP contribution in [0, 0.1) is 0 Å². The van der Waals surface area contributed by atoms with E-state index in [-0.39, 0.29) is 0 Å². The molecule has 3 heteroatoms. The third-order valence-electron chi connectivity index (χ3n) is 23.7. The minimum Gasteiger partial charge on any atom is -0.310 e. The van der Waals surface area contributed by atoms with Gasteiger partial charge in [-0.2, -0.15) is 0 Å². The summed E-state index contributed by atoms with van der Waals surface area (Å²) in [6.07, 6.45) is 9.16. The van der Waals surface area contributed by atoms with Gasteiger partial charge in [0, 0.05) is 70.4 Å². The summed E-state index contributed by atoms with van der Waals surface area (Å²) in [4.78, 5) is 7.36. The van der Waals surface area contributed by atoms with Crippen molar-refractivity contribution in [3.8, 4) is 66.8 Å². The van der Waals surface area contributed by atoms with Crippen LogP contribution < -0.4 is 14.7 Å². The highest BCUT2D eigenvalue weighted by molar-refractivity contribution is 5.98. The summed E-state index contributed by atoms with van der Waals surface area (Å²) in [5.74, 6) is 0. The maximum Gasteiger partial charge on any atom is 0.0497 e. The summed E-state index contributed by atoms with van der Waals surface area (Å²) in [6.45, 7) is 60.0. The van der Waals surface area contributed by atoms with Crippen molar-refractivity contribution >= 4 is 51.2 Å². The van der Waals surface area contributed by atoms with E-state index in [4.69, 9.17) is 0 Å². The van der Waals surface area contributed by atoms with Gasteiger partial charge in [0.05, 0.1) is 0 Å². The molecule has 0 atom stereocenters. The summed E-state index contributed by atoms with van der Waals surface area (Å²) >= 11 is 0. The fourth-order valence-electron chi connectivity index (χ4n) is 19.2. The number of para-hydroxylation sites is 6. The molecule has 0 N–H and O–H groups in total. The molecule has 0 saturated heterocycles. The Bertz CT molecular complexity index is 5960. The van der Waals surface area contributed by atoms with Gasteiger partial charge >= 0.3 is 0 Å². The first-order valence-corrected chi connectivity index (χ1v) is 51.5. The normalized spacial score (nSPS) is 11.5. The van der Waals surface area contributed by atoms with Crippen LogP contribution in [-0.4, -0.2) is 0 Å². The fraction of sp³-hybridized carbons (Fsp3) is 0.302. The van der Waals surface area contributed by atoms with Gasteiger partial charge in [-0.1, -0.05) is 438 Å². The molecule has 3 aliphatic heterocycles. The minimum absolute atomic E-state index is 0.991. The van der Waals surface area contributed by atoms with Gasteiger partial charge in [0.2, 0.25) is 0 Å². The highest BCUT2D eigenvalue weighted by Gasteiger charge is 2.35. The van der Waals surface area contributed by atoms with Crippen LogP contribution in [0.1, 0.15) is 308 Å². The van der Waals surface area contributed by atoms with Crippen LogP contribution in [0.25, 0.3) is 66.8 Å². The standard InChI is InChI=1S/3C33H23N.15C2H6/c1-4-10-27-21(7-1)20-30-29(27)15-13-24-18-25-19-26(14-16-28(25)33(24)30)34-31-11-5-2-8-22(31)17-23-9-3-6-12-32(23)34;1-4-10-28-21(7-1)15-24-17-25-18-26-19-27(13-14-29(26)31(25)20-30(24)28)34-32-11-5-2-8-22(32)16-23-9-3-6-12-33(23)34;1-4-10-28-21(7-1)17-24-13-14-25-19-26-20-27(15-16-29(26)33(25)32(24)28)34-30-11-5-2-8-22(30)18-23-9-3-6-12-31(23)34;15*1-2/h1-16,19H,17-18,20H2;1-14,17,19-20H,15-16,18H2;1-16,20H,17-19H2;15*1-2H3. The van der Waals surface area contributed by atoms with Gasteiger partial charge in [-0.25, -0.2) is 0 Å². The lowest BCUT2D eigenvalue weighted by Crippen LogP contribution is -2.18. The zero-order chi connectivity index (χ0) is 96.7. The Hall–Kier alpha value is -12.3. The fourth-order valence-corrected chi connectivity index (χ4v) is 19.2. The Kier molecular flexibility index (Phi) is 44.1. The first-order chi connectivity index (χ1) is 65.5. The van der Waals surface area contributed by atoms with Crippen molar-refractivity contribution in [3.05, 3.63) is 410 Å². The molecule has 9 aliphatic rings. The van der Waals surface area contributed by atoms with E-state index in [9.17, 15) is 0 Å². The molecule has 0 aromatic heterocycles. The molecule has 0 saturated carbocycles. The van der Waals surface area contributed by atoms with Crippen molar-refractivity contribution in [2.75, 3.05) is 14.7 Å². The number of hydrogen-bond acceptors (Lipinski definition) is 3. The molecule has 3 heterocycles. The molecule has 690 valence electrons. The van der Waals surface area contributed by atoms with E-state index in [1.807, 2.05) is 208 Å². The van der Waals surface area contributed by atoms with Crippen LogP contribution in [0.2, 0.25) is 0 Å². The highest BCUT2D eigenvalue weighted by atomic mass is 15.2. The smallest absolute Gasteiger partial charge is 0.0497 e. The average Bonchev–Trinajstić information content (AvgIpc) is 1.58. The Morgan fingerprint density at radius 3 is 0.674 bits per heavy atom. The lowest BCUT2D eigenvalue weighted by atomic mass is 9.93. The van der Waals surface area contributed by atoms with Gasteiger partial charge in [-0.15, -0.1) is 0 Å². The van der Waals surface area contributed by atoms with Crippen LogP contribution in [0.15, 0.2) is 309 Å². The lowest BCUT2D eigenvalue weighted by Gasteiger charge is -2.33. The van der Waals surface area contributed by atoms with E-state index in [1.54, 1.807) is 0 Å². The van der Waals surface area contributed by atoms with Crippen molar-refractivity contribution in [2.24, 2.45) is 0 Å². The third kappa shape index (κ3) is 21.7. The number of hydrogen-bond donors (Lipinski definition) is 0. The molecule has 0 fully saturated rings. The first-order valence-electron chi connectivity index (χ1n) is 51.5. The molecule has 0 bridgehead atoms. The van der Waals surface area contributed by atoms with E-state index in [0.29, 0.717) is 0 Å². The summed E-state index contributed by atoms with van der Waals surface area (Å²) in [7, 11) is 0. The van der Waals surface area contributed by atoms with Crippen molar-refractivity contribution in [1.82, 2.24) is 0 Å². The number of benzene rings is 15.